The van der Waals surface area contributed by atoms with Crippen LogP contribution >= 0.6 is 0 Å². The molecule has 0 saturated carbocycles. The Labute approximate surface area is 137 Å². The molecule has 0 fully saturated rings. The summed E-state index contributed by atoms with van der Waals surface area (Å²) in [5.41, 5.74) is -0.0339. The largest absolute Gasteiger partial charge is 0.488 e. The molecule has 1 aromatic rings. The number of carbonyl (C=O) groups excluding carboxylic acids is 3. The van der Waals surface area contributed by atoms with Crippen molar-refractivity contribution in [2.45, 2.75) is 13.0 Å². The van der Waals surface area contributed by atoms with Crippen molar-refractivity contribution in [1.29, 1.82) is 0 Å². The molecule has 0 N–H and O–H groups in total. The van der Waals surface area contributed by atoms with E-state index in [0.717, 1.165) is 31.3 Å². The van der Waals surface area contributed by atoms with Gasteiger partial charge in [-0.2, -0.15) is 0 Å². The number of carbonyl (C=O) groups is 3. The molecule has 0 aliphatic carbocycles. The Kier molecular flexibility index (Phi) is 5.18. The first kappa shape index (κ1) is 17.5. The number of halogens is 1. The quantitative estimate of drug-likeness (QED) is 0.751. The summed E-state index contributed by atoms with van der Waals surface area (Å²) >= 11 is 0. The molecule has 1 aliphatic rings. The number of ether oxygens (including phenoxy) is 3. The van der Waals surface area contributed by atoms with Gasteiger partial charge in [-0.25, -0.2) is 14.0 Å². The second-order valence-corrected chi connectivity index (χ2v) is 4.74. The molecule has 7 nitrogen and oxygen atoms in total. The van der Waals surface area contributed by atoms with E-state index in [1.165, 1.54) is 12.1 Å². The third kappa shape index (κ3) is 2.94. The number of nitrogens with zero attached hydrogens (tertiary/aromatic N) is 1. The third-order valence-electron chi connectivity index (χ3n) is 3.41. The maximum atomic E-state index is 13.1. The molecule has 0 radical (unpaired) electrons. The smallest absolute Gasteiger partial charge is 0.340 e. The lowest BCUT2D eigenvalue weighted by atomic mass is 10.1. The van der Waals surface area contributed by atoms with Gasteiger partial charge in [0, 0.05) is 5.69 Å². The van der Waals surface area contributed by atoms with Crippen LogP contribution < -0.4 is 4.90 Å². The minimum atomic E-state index is -1.37. The van der Waals surface area contributed by atoms with E-state index in [9.17, 15) is 18.8 Å². The average molecular weight is 337 g/mol. The van der Waals surface area contributed by atoms with Crippen LogP contribution in [-0.2, 0) is 28.6 Å². The zero-order valence-electron chi connectivity index (χ0n) is 13.4. The van der Waals surface area contributed by atoms with Gasteiger partial charge < -0.3 is 14.2 Å². The summed E-state index contributed by atoms with van der Waals surface area (Å²) in [7, 11) is 2.25. The van der Waals surface area contributed by atoms with Gasteiger partial charge in [-0.05, 0) is 31.2 Å². The van der Waals surface area contributed by atoms with Gasteiger partial charge >= 0.3 is 11.9 Å². The van der Waals surface area contributed by atoms with Gasteiger partial charge in [-0.15, -0.1) is 0 Å². The minimum absolute atomic E-state index is 0.104. The minimum Gasteiger partial charge on any atom is -0.488 e. The Morgan fingerprint density at radius 2 is 1.79 bits per heavy atom. The first-order valence-corrected chi connectivity index (χ1v) is 7.08. The Bertz CT molecular complexity index is 697. The molecule has 0 aromatic heterocycles. The van der Waals surface area contributed by atoms with Gasteiger partial charge in [0.05, 0.1) is 20.8 Å². The molecule has 128 valence electrons. The maximum Gasteiger partial charge on any atom is 0.340 e. The Morgan fingerprint density at radius 1 is 1.17 bits per heavy atom. The lowest BCUT2D eigenvalue weighted by molar-refractivity contribution is -0.144. The van der Waals surface area contributed by atoms with Crippen LogP contribution in [0.1, 0.15) is 6.92 Å². The van der Waals surface area contributed by atoms with Crippen LogP contribution in [-0.4, -0.2) is 44.7 Å². The van der Waals surface area contributed by atoms with Gasteiger partial charge in [0.2, 0.25) is 0 Å². The normalized spacial score (nSPS) is 17.1. The number of anilines is 1. The van der Waals surface area contributed by atoms with E-state index < -0.39 is 29.7 Å². The molecule has 0 saturated heterocycles. The van der Waals surface area contributed by atoms with E-state index >= 15 is 0 Å². The fourth-order valence-electron chi connectivity index (χ4n) is 2.40. The summed E-state index contributed by atoms with van der Waals surface area (Å²) in [6.07, 6.45) is 0. The van der Waals surface area contributed by atoms with Crippen molar-refractivity contribution in [2.75, 3.05) is 25.7 Å². The van der Waals surface area contributed by atoms with Crippen molar-refractivity contribution in [3.05, 3.63) is 41.4 Å². The van der Waals surface area contributed by atoms with Crippen molar-refractivity contribution < 1.29 is 33.0 Å². The first-order chi connectivity index (χ1) is 11.5. The van der Waals surface area contributed by atoms with E-state index in [0.29, 0.717) is 0 Å². The van der Waals surface area contributed by atoms with Gasteiger partial charge in [0.15, 0.2) is 11.8 Å². The second kappa shape index (κ2) is 7.12. The number of hydrogen-bond acceptors (Lipinski definition) is 6. The number of benzene rings is 1. The average Bonchev–Trinajstić information content (AvgIpc) is 2.87. The molecule has 0 bridgehead atoms. The summed E-state index contributed by atoms with van der Waals surface area (Å²) in [6.45, 7) is 1.73. The van der Waals surface area contributed by atoms with E-state index in [1.807, 2.05) is 0 Å². The number of amides is 1. The molecule has 0 spiro atoms. The van der Waals surface area contributed by atoms with Crippen molar-refractivity contribution in [1.82, 2.24) is 0 Å². The number of methoxy groups -OCH3 is 2. The predicted molar refractivity (Wildman–Crippen MR) is 80.4 cm³/mol. The monoisotopic (exact) mass is 337 g/mol. The summed E-state index contributed by atoms with van der Waals surface area (Å²) < 4.78 is 27.8. The standard InChI is InChI=1S/C16H16FNO6/c1-4-24-13-11(15(20)22-2)12(16(21)23-3)18(14(13)19)10-7-5-9(17)6-8-10/h5-8,12H,4H2,1-3H3. The van der Waals surface area contributed by atoms with Crippen LogP contribution in [0.2, 0.25) is 0 Å². The predicted octanol–water partition coefficient (Wildman–Crippen LogP) is 1.18. The van der Waals surface area contributed by atoms with Crippen molar-refractivity contribution in [3.63, 3.8) is 0 Å². The Hall–Kier alpha value is -2.90. The van der Waals surface area contributed by atoms with Crippen molar-refractivity contribution in [2.24, 2.45) is 0 Å². The molecule has 1 amide bonds. The molecule has 1 heterocycles. The van der Waals surface area contributed by atoms with Crippen LogP contribution in [0.3, 0.4) is 0 Å². The molecule has 1 aromatic carbocycles. The van der Waals surface area contributed by atoms with Crippen LogP contribution in [0.15, 0.2) is 35.6 Å². The Morgan fingerprint density at radius 3 is 2.29 bits per heavy atom. The van der Waals surface area contributed by atoms with Gasteiger partial charge in [0.1, 0.15) is 11.4 Å². The first-order valence-electron chi connectivity index (χ1n) is 7.08. The second-order valence-electron chi connectivity index (χ2n) is 4.74. The van der Waals surface area contributed by atoms with Gasteiger partial charge in [-0.3, -0.25) is 9.69 Å². The highest BCUT2D eigenvalue weighted by molar-refractivity contribution is 6.20. The summed E-state index contributed by atoms with van der Waals surface area (Å²) in [5, 5.41) is 0. The molecule has 8 heteroatoms. The van der Waals surface area contributed by atoms with E-state index in [2.05, 4.69) is 4.74 Å². The maximum absolute atomic E-state index is 13.1. The fraction of sp³-hybridized carbons (Fsp3) is 0.312. The third-order valence-corrected chi connectivity index (χ3v) is 3.41. The topological polar surface area (TPSA) is 82.1 Å². The Balaban J connectivity index is 2.60. The van der Waals surface area contributed by atoms with E-state index in [-0.39, 0.29) is 23.6 Å². The fourth-order valence-corrected chi connectivity index (χ4v) is 2.40. The molecular formula is C16H16FNO6. The highest BCUT2D eigenvalue weighted by Gasteiger charge is 2.49. The zero-order valence-corrected chi connectivity index (χ0v) is 13.4. The molecular weight excluding hydrogens is 321 g/mol. The molecule has 24 heavy (non-hydrogen) atoms. The number of rotatable bonds is 5. The zero-order chi connectivity index (χ0) is 17.9. The highest BCUT2D eigenvalue weighted by atomic mass is 19.1. The van der Waals surface area contributed by atoms with Crippen LogP contribution in [0.5, 0.6) is 0 Å². The van der Waals surface area contributed by atoms with E-state index in [1.54, 1.807) is 6.92 Å². The SMILES string of the molecule is CCOC1=C(C(=O)OC)C(C(=O)OC)N(c2ccc(F)cc2)C1=O. The van der Waals surface area contributed by atoms with Crippen molar-refractivity contribution >= 4 is 23.5 Å². The van der Waals surface area contributed by atoms with Crippen LogP contribution in [0.4, 0.5) is 10.1 Å². The molecule has 1 unspecified atom stereocenters. The molecule has 2 rings (SSSR count). The molecule has 1 atom stereocenters. The number of esters is 2. The van der Waals surface area contributed by atoms with Crippen LogP contribution in [0.25, 0.3) is 0 Å². The van der Waals surface area contributed by atoms with Gasteiger partial charge in [-0.1, -0.05) is 0 Å². The van der Waals surface area contributed by atoms with Crippen molar-refractivity contribution in [3.8, 4) is 0 Å². The van der Waals surface area contributed by atoms with Crippen LogP contribution in [0, 0.1) is 5.82 Å². The number of hydrogen-bond donors (Lipinski definition) is 0. The molecule has 1 aliphatic heterocycles. The summed E-state index contributed by atoms with van der Waals surface area (Å²) in [4.78, 5) is 38.0. The van der Waals surface area contributed by atoms with Gasteiger partial charge in [0.25, 0.3) is 5.91 Å². The lowest BCUT2D eigenvalue weighted by Crippen LogP contribution is -2.43. The lowest BCUT2D eigenvalue weighted by Gasteiger charge is -2.23. The summed E-state index contributed by atoms with van der Waals surface area (Å²) in [5.74, 6) is -3.23. The van der Waals surface area contributed by atoms with E-state index in [4.69, 9.17) is 9.47 Å². The highest BCUT2D eigenvalue weighted by Crippen LogP contribution is 2.33. The summed E-state index contributed by atoms with van der Waals surface area (Å²) in [6, 6.07) is 3.52.